The van der Waals surface area contributed by atoms with Gasteiger partial charge in [0.15, 0.2) is 5.96 Å². The Bertz CT molecular complexity index is 553. The van der Waals surface area contributed by atoms with Gasteiger partial charge in [-0.25, -0.2) is 0 Å². The second kappa shape index (κ2) is 14.3. The third-order valence-corrected chi connectivity index (χ3v) is 5.53. The van der Waals surface area contributed by atoms with Crippen LogP contribution in [0.4, 0.5) is 0 Å². The van der Waals surface area contributed by atoms with Gasteiger partial charge in [-0.2, -0.15) is 11.8 Å². The highest BCUT2D eigenvalue weighted by Crippen LogP contribution is 2.31. The van der Waals surface area contributed by atoms with Crippen molar-refractivity contribution in [2.75, 3.05) is 52.3 Å². The summed E-state index contributed by atoms with van der Waals surface area (Å²) in [6.45, 7) is 4.07. The molecule has 1 saturated heterocycles. The maximum absolute atomic E-state index is 5.62. The zero-order chi connectivity index (χ0) is 18.6. The first-order valence-corrected chi connectivity index (χ1v) is 11.0. The molecule has 1 heterocycles. The summed E-state index contributed by atoms with van der Waals surface area (Å²) >= 11 is 1.90. The fourth-order valence-electron chi connectivity index (χ4n) is 3.42. The highest BCUT2D eigenvalue weighted by molar-refractivity contribution is 14.0. The summed E-state index contributed by atoms with van der Waals surface area (Å²) in [4.78, 5) is 6.93. The number of nitrogens with zero attached hydrogens (tertiary/aromatic N) is 2. The number of likely N-dealkylation sites (tertiary alicyclic amines) is 1. The highest BCUT2D eigenvalue weighted by atomic mass is 127. The van der Waals surface area contributed by atoms with Crippen LogP contribution >= 0.6 is 35.7 Å². The Morgan fingerprint density at radius 2 is 1.96 bits per heavy atom. The van der Waals surface area contributed by atoms with Crippen molar-refractivity contribution in [3.63, 3.8) is 0 Å². The molecule has 2 N–H and O–H groups in total. The number of guanidine groups is 1. The average molecular weight is 506 g/mol. The average Bonchev–Trinajstić information content (AvgIpc) is 3.21. The van der Waals surface area contributed by atoms with Crippen LogP contribution in [0.2, 0.25) is 0 Å². The van der Waals surface area contributed by atoms with E-state index in [0.29, 0.717) is 6.04 Å². The predicted molar refractivity (Wildman–Crippen MR) is 129 cm³/mol. The molecule has 1 aromatic rings. The van der Waals surface area contributed by atoms with Gasteiger partial charge in [0.2, 0.25) is 0 Å². The second-order valence-corrected chi connectivity index (χ2v) is 7.57. The monoisotopic (exact) mass is 506 g/mol. The second-order valence-electron chi connectivity index (χ2n) is 6.58. The van der Waals surface area contributed by atoms with Gasteiger partial charge >= 0.3 is 0 Å². The molecule has 27 heavy (non-hydrogen) atoms. The van der Waals surface area contributed by atoms with Crippen LogP contribution in [0.1, 0.15) is 37.3 Å². The largest absolute Gasteiger partial charge is 0.496 e. The normalized spacial score (nSPS) is 15.9. The minimum Gasteiger partial charge on any atom is -0.496 e. The number of methoxy groups -OCH3 is 1. The summed E-state index contributed by atoms with van der Waals surface area (Å²) in [5.41, 5.74) is 1.25. The van der Waals surface area contributed by atoms with Crippen molar-refractivity contribution in [2.24, 2.45) is 4.99 Å². The van der Waals surface area contributed by atoms with E-state index in [0.717, 1.165) is 37.9 Å². The number of para-hydroxylation sites is 1. The van der Waals surface area contributed by atoms with E-state index in [1.165, 1.54) is 37.0 Å². The lowest BCUT2D eigenvalue weighted by atomic mass is 10.0. The Morgan fingerprint density at radius 3 is 2.63 bits per heavy atom. The molecule has 0 aliphatic carbocycles. The first-order chi connectivity index (χ1) is 12.8. The SMILES string of the molecule is CN=C(NCCCCSC)NCC(c1ccccc1OC)N1CCCC1.I. The van der Waals surface area contributed by atoms with E-state index in [1.807, 2.05) is 24.9 Å². The number of unbranched alkanes of at least 4 members (excludes halogenated alkanes) is 1. The molecule has 1 aromatic carbocycles. The Balaban J connectivity index is 0.00000364. The van der Waals surface area contributed by atoms with Crippen molar-refractivity contribution in [3.8, 4) is 5.75 Å². The molecule has 154 valence electrons. The van der Waals surface area contributed by atoms with Crippen LogP contribution in [0.5, 0.6) is 5.75 Å². The Morgan fingerprint density at radius 1 is 1.22 bits per heavy atom. The van der Waals surface area contributed by atoms with E-state index < -0.39 is 0 Å². The number of ether oxygens (including phenoxy) is 1. The van der Waals surface area contributed by atoms with Crippen molar-refractivity contribution in [3.05, 3.63) is 29.8 Å². The molecule has 1 atom stereocenters. The van der Waals surface area contributed by atoms with E-state index >= 15 is 0 Å². The summed E-state index contributed by atoms with van der Waals surface area (Å²) < 4.78 is 5.62. The number of hydrogen-bond donors (Lipinski definition) is 2. The molecule has 1 aliphatic heterocycles. The molecule has 1 aliphatic rings. The molecule has 1 fully saturated rings. The van der Waals surface area contributed by atoms with Crippen molar-refractivity contribution in [1.29, 1.82) is 0 Å². The van der Waals surface area contributed by atoms with E-state index in [9.17, 15) is 0 Å². The molecule has 7 heteroatoms. The highest BCUT2D eigenvalue weighted by Gasteiger charge is 2.25. The minimum absolute atomic E-state index is 0. The van der Waals surface area contributed by atoms with E-state index in [-0.39, 0.29) is 24.0 Å². The van der Waals surface area contributed by atoms with Gasteiger partial charge in [0.25, 0.3) is 0 Å². The van der Waals surface area contributed by atoms with Crippen molar-refractivity contribution < 1.29 is 4.74 Å². The maximum Gasteiger partial charge on any atom is 0.191 e. The van der Waals surface area contributed by atoms with Gasteiger partial charge in [-0.15, -0.1) is 24.0 Å². The summed E-state index contributed by atoms with van der Waals surface area (Å²) in [5.74, 6) is 3.07. The van der Waals surface area contributed by atoms with Gasteiger partial charge in [-0.3, -0.25) is 9.89 Å². The molecule has 0 aromatic heterocycles. The molecule has 1 unspecified atom stereocenters. The minimum atomic E-state index is 0. The first-order valence-electron chi connectivity index (χ1n) is 9.60. The van der Waals surface area contributed by atoms with Crippen LogP contribution in [0, 0.1) is 0 Å². The van der Waals surface area contributed by atoms with Gasteiger partial charge in [-0.1, -0.05) is 18.2 Å². The van der Waals surface area contributed by atoms with Gasteiger partial charge in [-0.05, 0) is 56.8 Å². The van der Waals surface area contributed by atoms with Gasteiger partial charge in [0.05, 0.1) is 13.2 Å². The predicted octanol–water partition coefficient (Wildman–Crippen LogP) is 3.76. The zero-order valence-electron chi connectivity index (χ0n) is 16.9. The number of thioether (sulfide) groups is 1. The van der Waals surface area contributed by atoms with E-state index in [2.05, 4.69) is 45.0 Å². The molecule has 0 spiro atoms. The summed E-state index contributed by atoms with van der Waals surface area (Å²) in [7, 11) is 3.59. The maximum atomic E-state index is 5.62. The third kappa shape index (κ3) is 8.07. The molecular weight excluding hydrogens is 471 g/mol. The number of rotatable bonds is 10. The molecule has 0 bridgehead atoms. The summed E-state index contributed by atoms with van der Waals surface area (Å²) in [5, 5.41) is 6.96. The van der Waals surface area contributed by atoms with Gasteiger partial charge < -0.3 is 15.4 Å². The van der Waals surface area contributed by atoms with Crippen LogP contribution in [0.3, 0.4) is 0 Å². The van der Waals surface area contributed by atoms with Crippen molar-refractivity contribution >= 4 is 41.7 Å². The molecule has 5 nitrogen and oxygen atoms in total. The Kier molecular flexibility index (Phi) is 12.9. The Labute approximate surface area is 186 Å². The lowest BCUT2D eigenvalue weighted by Gasteiger charge is -2.30. The van der Waals surface area contributed by atoms with Crippen LogP contribution in [-0.4, -0.2) is 63.2 Å². The van der Waals surface area contributed by atoms with Crippen molar-refractivity contribution in [1.82, 2.24) is 15.5 Å². The van der Waals surface area contributed by atoms with Crippen LogP contribution in [-0.2, 0) is 0 Å². The quantitative estimate of drug-likeness (QED) is 0.219. The van der Waals surface area contributed by atoms with Crippen LogP contribution < -0.4 is 15.4 Å². The lowest BCUT2D eigenvalue weighted by Crippen LogP contribution is -2.43. The van der Waals surface area contributed by atoms with Crippen molar-refractivity contribution in [2.45, 2.75) is 31.7 Å². The molecular formula is C20H35IN4OS. The van der Waals surface area contributed by atoms with Gasteiger partial charge in [0, 0.05) is 25.7 Å². The number of aliphatic imine (C=N–C) groups is 1. The zero-order valence-corrected chi connectivity index (χ0v) is 20.0. The molecule has 2 rings (SSSR count). The fraction of sp³-hybridized carbons (Fsp3) is 0.650. The first kappa shape index (κ1) is 24.4. The Hall–Kier alpha value is -0.670. The van der Waals surface area contributed by atoms with E-state index in [1.54, 1.807) is 7.11 Å². The summed E-state index contributed by atoms with van der Waals surface area (Å²) in [6.07, 6.45) is 7.11. The van der Waals surface area contributed by atoms with Crippen LogP contribution in [0.25, 0.3) is 0 Å². The van der Waals surface area contributed by atoms with Crippen LogP contribution in [0.15, 0.2) is 29.3 Å². The molecule has 0 radical (unpaired) electrons. The van der Waals surface area contributed by atoms with Gasteiger partial charge in [0.1, 0.15) is 5.75 Å². The third-order valence-electron chi connectivity index (χ3n) is 4.83. The summed E-state index contributed by atoms with van der Waals surface area (Å²) in [6, 6.07) is 8.66. The number of benzene rings is 1. The molecule has 0 amide bonds. The number of nitrogens with one attached hydrogen (secondary N) is 2. The number of halogens is 1. The van der Waals surface area contributed by atoms with E-state index in [4.69, 9.17) is 4.74 Å². The number of hydrogen-bond acceptors (Lipinski definition) is 4. The fourth-order valence-corrected chi connectivity index (χ4v) is 3.92. The molecule has 0 saturated carbocycles. The topological polar surface area (TPSA) is 48.9 Å². The lowest BCUT2D eigenvalue weighted by molar-refractivity contribution is 0.239. The standard InChI is InChI=1S/C20H34N4OS.HI/c1-21-20(22-12-6-9-15-26-3)23-16-18(24-13-7-8-14-24)17-10-4-5-11-19(17)25-2;/h4-5,10-11,18H,6-9,12-16H2,1-3H3,(H2,21,22,23);1H. The smallest absolute Gasteiger partial charge is 0.191 e.